The summed E-state index contributed by atoms with van der Waals surface area (Å²) in [7, 11) is -0.859. The van der Waals surface area contributed by atoms with Crippen molar-refractivity contribution < 1.29 is 13.2 Å². The van der Waals surface area contributed by atoms with E-state index in [1.165, 1.54) is 26.2 Å². The number of amides is 1. The second-order valence-electron chi connectivity index (χ2n) is 7.43. The van der Waals surface area contributed by atoms with Gasteiger partial charge in [0.1, 0.15) is 4.90 Å². The summed E-state index contributed by atoms with van der Waals surface area (Å²) in [6, 6.07) is 14.4. The van der Waals surface area contributed by atoms with Gasteiger partial charge < -0.3 is 4.90 Å². The fourth-order valence-electron chi connectivity index (χ4n) is 3.21. The van der Waals surface area contributed by atoms with Crippen LogP contribution in [0, 0.1) is 5.92 Å². The highest BCUT2D eigenvalue weighted by molar-refractivity contribution is 7.89. The first-order valence-electron chi connectivity index (χ1n) is 9.29. The normalized spacial score (nSPS) is 15.5. The van der Waals surface area contributed by atoms with Crippen LogP contribution in [0.3, 0.4) is 0 Å². The van der Waals surface area contributed by atoms with E-state index < -0.39 is 10.0 Å². The van der Waals surface area contributed by atoms with Gasteiger partial charge in [0.15, 0.2) is 0 Å². The quantitative estimate of drug-likeness (QED) is 0.679. The molecule has 1 amide bonds. The van der Waals surface area contributed by atoms with Gasteiger partial charge in [-0.05, 0) is 49.4 Å². The minimum atomic E-state index is -3.74. The molecule has 5 nitrogen and oxygen atoms in total. The predicted octanol–water partition coefficient (Wildman–Crippen LogP) is 4.03. The minimum Gasteiger partial charge on any atom is -0.331 e. The second kappa shape index (κ2) is 8.23. The minimum absolute atomic E-state index is 0.0521. The fraction of sp³-hybridized carbons (Fsp3) is 0.381. The van der Waals surface area contributed by atoms with Crippen molar-refractivity contribution in [2.24, 2.45) is 5.92 Å². The molecule has 0 aromatic heterocycles. The standard InChI is InChI=1S/C21H25ClN2O3S/c1-15(17-9-10-17)24(14-16-7-5-4-6-8-16)21(25)18-11-12-19(22)20(13-18)28(26,27)23(2)3/h4-8,11-13,15,17H,9-10,14H2,1-3H3. The van der Waals surface area contributed by atoms with Crippen LogP contribution in [0.25, 0.3) is 0 Å². The van der Waals surface area contributed by atoms with Crippen LogP contribution in [0.1, 0.15) is 35.7 Å². The lowest BCUT2D eigenvalue weighted by Crippen LogP contribution is -2.39. The summed E-state index contributed by atoms with van der Waals surface area (Å²) >= 11 is 6.13. The van der Waals surface area contributed by atoms with E-state index in [9.17, 15) is 13.2 Å². The third kappa shape index (κ3) is 4.40. The maximum absolute atomic E-state index is 13.4. The average molecular weight is 421 g/mol. The molecule has 150 valence electrons. The molecule has 1 saturated carbocycles. The van der Waals surface area contributed by atoms with Crippen molar-refractivity contribution in [2.45, 2.75) is 37.2 Å². The van der Waals surface area contributed by atoms with Crippen LogP contribution < -0.4 is 0 Å². The fourth-order valence-corrected chi connectivity index (χ4v) is 4.60. The SMILES string of the molecule is CC(C1CC1)N(Cc1ccccc1)C(=O)c1ccc(Cl)c(S(=O)(=O)N(C)C)c1. The highest BCUT2D eigenvalue weighted by atomic mass is 35.5. The molecule has 1 fully saturated rings. The molecule has 0 spiro atoms. The van der Waals surface area contributed by atoms with Crippen molar-refractivity contribution in [3.8, 4) is 0 Å². The van der Waals surface area contributed by atoms with Gasteiger partial charge in [0.05, 0.1) is 5.02 Å². The Labute approximate surface area is 172 Å². The van der Waals surface area contributed by atoms with Crippen molar-refractivity contribution in [3.63, 3.8) is 0 Å². The molecule has 1 atom stereocenters. The van der Waals surface area contributed by atoms with Gasteiger partial charge in [0.25, 0.3) is 5.91 Å². The molecule has 2 aromatic carbocycles. The molecule has 28 heavy (non-hydrogen) atoms. The number of nitrogens with zero attached hydrogens (tertiary/aromatic N) is 2. The van der Waals surface area contributed by atoms with Gasteiger partial charge in [-0.3, -0.25) is 4.79 Å². The van der Waals surface area contributed by atoms with Crippen LogP contribution >= 0.6 is 11.6 Å². The van der Waals surface area contributed by atoms with Gasteiger partial charge in [0, 0.05) is 32.2 Å². The van der Waals surface area contributed by atoms with Crippen LogP contribution in [0.2, 0.25) is 5.02 Å². The molecule has 7 heteroatoms. The van der Waals surface area contributed by atoms with E-state index in [2.05, 4.69) is 6.92 Å². The number of carbonyl (C=O) groups excluding carboxylic acids is 1. The van der Waals surface area contributed by atoms with Crippen LogP contribution in [-0.4, -0.2) is 43.7 Å². The van der Waals surface area contributed by atoms with Gasteiger partial charge in [-0.1, -0.05) is 41.9 Å². The van der Waals surface area contributed by atoms with Crippen molar-refractivity contribution >= 4 is 27.5 Å². The molecule has 0 heterocycles. The lowest BCUT2D eigenvalue weighted by molar-refractivity contribution is 0.0654. The van der Waals surface area contributed by atoms with Crippen LogP contribution in [0.15, 0.2) is 53.4 Å². The molecule has 0 bridgehead atoms. The van der Waals surface area contributed by atoms with Gasteiger partial charge in [-0.15, -0.1) is 0 Å². The van der Waals surface area contributed by atoms with Gasteiger partial charge in [0.2, 0.25) is 10.0 Å². The topological polar surface area (TPSA) is 57.7 Å². The summed E-state index contributed by atoms with van der Waals surface area (Å²) in [6.45, 7) is 2.54. The molecular formula is C21H25ClN2O3S. The molecular weight excluding hydrogens is 396 g/mol. The van der Waals surface area contributed by atoms with Crippen molar-refractivity contribution in [3.05, 3.63) is 64.7 Å². The summed E-state index contributed by atoms with van der Waals surface area (Å²) in [4.78, 5) is 15.1. The summed E-state index contributed by atoms with van der Waals surface area (Å²) in [5.41, 5.74) is 1.37. The summed E-state index contributed by atoms with van der Waals surface area (Å²) in [5, 5.41) is 0.107. The number of sulfonamides is 1. The number of carbonyl (C=O) groups is 1. The van der Waals surface area contributed by atoms with E-state index in [-0.39, 0.29) is 21.9 Å². The smallest absolute Gasteiger partial charge is 0.254 e. The maximum atomic E-state index is 13.4. The lowest BCUT2D eigenvalue weighted by atomic mass is 10.1. The first-order valence-corrected chi connectivity index (χ1v) is 11.1. The molecule has 1 aliphatic rings. The molecule has 0 aliphatic heterocycles. The Hall–Kier alpha value is -1.89. The molecule has 0 N–H and O–H groups in total. The molecule has 1 unspecified atom stereocenters. The Bertz CT molecular complexity index is 957. The average Bonchev–Trinajstić information content (AvgIpc) is 3.51. The molecule has 0 radical (unpaired) electrons. The number of hydrogen-bond acceptors (Lipinski definition) is 3. The van der Waals surface area contributed by atoms with E-state index in [0.29, 0.717) is 18.0 Å². The van der Waals surface area contributed by atoms with E-state index in [4.69, 9.17) is 11.6 Å². The van der Waals surface area contributed by atoms with Crippen LogP contribution in [0.4, 0.5) is 0 Å². The molecule has 2 aromatic rings. The number of benzene rings is 2. The number of halogens is 1. The van der Waals surface area contributed by atoms with E-state index >= 15 is 0 Å². The van der Waals surface area contributed by atoms with Gasteiger partial charge in [-0.2, -0.15) is 0 Å². The van der Waals surface area contributed by atoms with E-state index in [1.807, 2.05) is 35.2 Å². The van der Waals surface area contributed by atoms with Crippen molar-refractivity contribution in [2.75, 3.05) is 14.1 Å². The molecule has 1 aliphatic carbocycles. The van der Waals surface area contributed by atoms with Crippen molar-refractivity contribution in [1.29, 1.82) is 0 Å². The number of hydrogen-bond donors (Lipinski definition) is 0. The predicted molar refractivity (Wildman–Crippen MR) is 111 cm³/mol. The first kappa shape index (κ1) is 20.8. The first-order chi connectivity index (χ1) is 13.2. The Morgan fingerprint density at radius 2 is 1.79 bits per heavy atom. The molecule has 0 saturated heterocycles. The highest BCUT2D eigenvalue weighted by Crippen LogP contribution is 2.36. The summed E-state index contributed by atoms with van der Waals surface area (Å²) < 4.78 is 26.2. The number of rotatable bonds is 7. The highest BCUT2D eigenvalue weighted by Gasteiger charge is 2.35. The van der Waals surface area contributed by atoms with Crippen LogP contribution in [0.5, 0.6) is 0 Å². The monoisotopic (exact) mass is 420 g/mol. The zero-order valence-corrected chi connectivity index (χ0v) is 17.9. The summed E-state index contributed by atoms with van der Waals surface area (Å²) in [5.74, 6) is 0.306. The van der Waals surface area contributed by atoms with Crippen molar-refractivity contribution in [1.82, 2.24) is 9.21 Å². The van der Waals surface area contributed by atoms with E-state index in [0.717, 1.165) is 22.7 Å². The third-order valence-electron chi connectivity index (χ3n) is 5.19. The second-order valence-corrected chi connectivity index (χ2v) is 9.96. The lowest BCUT2D eigenvalue weighted by Gasteiger charge is -2.30. The molecule has 3 rings (SSSR count). The third-order valence-corrected chi connectivity index (χ3v) is 7.49. The summed E-state index contributed by atoms with van der Waals surface area (Å²) in [6.07, 6.45) is 2.22. The maximum Gasteiger partial charge on any atom is 0.254 e. The Kier molecular flexibility index (Phi) is 6.12. The largest absolute Gasteiger partial charge is 0.331 e. The zero-order valence-electron chi connectivity index (χ0n) is 16.3. The van der Waals surface area contributed by atoms with E-state index in [1.54, 1.807) is 6.07 Å². The van der Waals surface area contributed by atoms with Gasteiger partial charge in [-0.25, -0.2) is 12.7 Å². The Balaban J connectivity index is 1.96. The van der Waals surface area contributed by atoms with Gasteiger partial charge >= 0.3 is 0 Å². The van der Waals surface area contributed by atoms with Crippen LogP contribution in [-0.2, 0) is 16.6 Å². The Morgan fingerprint density at radius 3 is 2.36 bits per heavy atom. The zero-order chi connectivity index (χ0) is 20.5. The Morgan fingerprint density at radius 1 is 1.14 bits per heavy atom.